The largest absolute Gasteiger partial charge is 0.339 e. The highest BCUT2D eigenvalue weighted by molar-refractivity contribution is 6.11. The standard InChI is InChI=1S/C34H44FN5O3/c1-19(2)39(20(3)4)33(42)27-17-25(35)9-11-29(27)40-23(7)31(26-12-14-36-18-30(26)40)32(41)24-13-15-38(22(6)16-24)34(43)28-10-8-21(5)37-28/h9,11-12,14,17-22,24,28,37H,8,10,13,15-16H2,1-7H3/t21-,22-,24?,28-/m0/s1. The zero-order valence-electron chi connectivity index (χ0n) is 26.4. The molecule has 0 spiro atoms. The molecule has 9 heteroatoms. The first-order chi connectivity index (χ1) is 20.4. The molecule has 4 heterocycles. The average molecular weight is 590 g/mol. The van der Waals surface area contributed by atoms with Gasteiger partial charge in [0.25, 0.3) is 5.91 Å². The highest BCUT2D eigenvalue weighted by Gasteiger charge is 2.38. The summed E-state index contributed by atoms with van der Waals surface area (Å²) in [6.45, 7) is 14.3. The number of pyridine rings is 1. The first-order valence-electron chi connectivity index (χ1n) is 15.6. The smallest absolute Gasteiger partial charge is 0.256 e. The number of amides is 2. The number of ketones is 1. The Balaban J connectivity index is 1.51. The number of piperidine rings is 1. The summed E-state index contributed by atoms with van der Waals surface area (Å²) in [5.41, 5.74) is 2.71. The van der Waals surface area contributed by atoms with Crippen molar-refractivity contribution in [3.8, 4) is 5.69 Å². The molecule has 230 valence electrons. The highest BCUT2D eigenvalue weighted by atomic mass is 19.1. The third kappa shape index (κ3) is 5.71. The molecule has 4 atom stereocenters. The second-order valence-corrected chi connectivity index (χ2v) is 12.9. The topological polar surface area (TPSA) is 87.5 Å². The zero-order chi connectivity index (χ0) is 31.2. The lowest BCUT2D eigenvalue weighted by Crippen LogP contribution is -2.52. The van der Waals surface area contributed by atoms with Crippen LogP contribution in [0.25, 0.3) is 16.6 Å². The van der Waals surface area contributed by atoms with Crippen molar-refractivity contribution in [2.45, 2.75) is 104 Å². The van der Waals surface area contributed by atoms with Gasteiger partial charge >= 0.3 is 0 Å². The van der Waals surface area contributed by atoms with E-state index in [2.05, 4.69) is 17.2 Å². The minimum atomic E-state index is -0.499. The zero-order valence-corrected chi connectivity index (χ0v) is 26.4. The Morgan fingerprint density at radius 1 is 1.05 bits per heavy atom. The van der Waals surface area contributed by atoms with Gasteiger partial charge in [0, 0.05) is 59.5 Å². The number of rotatable bonds is 7. The lowest BCUT2D eigenvalue weighted by atomic mass is 9.84. The van der Waals surface area contributed by atoms with Crippen LogP contribution in [0.15, 0.2) is 36.7 Å². The van der Waals surface area contributed by atoms with Gasteiger partial charge in [-0.2, -0.15) is 0 Å². The number of carbonyl (C=O) groups is 3. The predicted octanol–water partition coefficient (Wildman–Crippen LogP) is 5.68. The number of Topliss-reactive ketones (excluding diaryl/α,β-unsaturated/α-hetero) is 1. The minimum absolute atomic E-state index is 0.0278. The van der Waals surface area contributed by atoms with Gasteiger partial charge in [0.15, 0.2) is 5.78 Å². The average Bonchev–Trinajstić information content (AvgIpc) is 3.52. The lowest BCUT2D eigenvalue weighted by Gasteiger charge is -2.38. The van der Waals surface area contributed by atoms with Crippen LogP contribution in [0, 0.1) is 18.7 Å². The van der Waals surface area contributed by atoms with Crippen LogP contribution in [0.5, 0.6) is 0 Å². The molecule has 2 amide bonds. The molecule has 1 aromatic carbocycles. The van der Waals surface area contributed by atoms with Gasteiger partial charge in [-0.05, 0) is 98.4 Å². The third-order valence-corrected chi connectivity index (χ3v) is 9.23. The molecular weight excluding hydrogens is 545 g/mol. The van der Waals surface area contributed by atoms with E-state index in [0.29, 0.717) is 47.9 Å². The number of carbonyl (C=O) groups excluding carboxylic acids is 3. The van der Waals surface area contributed by atoms with E-state index in [1.54, 1.807) is 23.4 Å². The van der Waals surface area contributed by atoms with Crippen LogP contribution >= 0.6 is 0 Å². The summed E-state index contributed by atoms with van der Waals surface area (Å²) in [5, 5.41) is 4.14. The maximum Gasteiger partial charge on any atom is 0.256 e. The molecule has 2 saturated heterocycles. The number of likely N-dealkylation sites (tertiary alicyclic amines) is 1. The van der Waals surface area contributed by atoms with Gasteiger partial charge in [-0.3, -0.25) is 19.4 Å². The second kappa shape index (κ2) is 12.2. The van der Waals surface area contributed by atoms with E-state index >= 15 is 0 Å². The molecule has 0 bridgehead atoms. The van der Waals surface area contributed by atoms with Crippen molar-refractivity contribution in [2.75, 3.05) is 6.54 Å². The van der Waals surface area contributed by atoms with Gasteiger partial charge in [0.05, 0.1) is 29.0 Å². The molecular formula is C34H44FN5O3. The van der Waals surface area contributed by atoms with Gasteiger partial charge in [0.2, 0.25) is 5.91 Å². The highest BCUT2D eigenvalue weighted by Crippen LogP contribution is 2.35. The van der Waals surface area contributed by atoms with Crippen molar-refractivity contribution in [2.24, 2.45) is 5.92 Å². The van der Waals surface area contributed by atoms with E-state index in [9.17, 15) is 18.8 Å². The van der Waals surface area contributed by atoms with Crippen molar-refractivity contribution in [1.29, 1.82) is 0 Å². The van der Waals surface area contributed by atoms with E-state index in [1.165, 1.54) is 12.1 Å². The fraction of sp³-hybridized carbons (Fsp3) is 0.529. The van der Waals surface area contributed by atoms with Crippen molar-refractivity contribution in [3.05, 3.63) is 59.3 Å². The summed E-state index contributed by atoms with van der Waals surface area (Å²) < 4.78 is 16.5. The summed E-state index contributed by atoms with van der Waals surface area (Å²) in [6, 6.07) is 6.05. The molecule has 2 aliphatic rings. The number of fused-ring (bicyclic) bond motifs is 1. The number of benzene rings is 1. The number of nitrogens with one attached hydrogen (secondary N) is 1. The third-order valence-electron chi connectivity index (χ3n) is 9.23. The Labute approximate surface area is 253 Å². The molecule has 2 aromatic heterocycles. The molecule has 43 heavy (non-hydrogen) atoms. The maximum atomic E-state index is 14.6. The first kappa shape index (κ1) is 30.9. The normalized spacial score (nSPS) is 22.5. The fourth-order valence-corrected chi connectivity index (χ4v) is 7.23. The summed E-state index contributed by atoms with van der Waals surface area (Å²) in [5.74, 6) is -0.853. The Hall–Kier alpha value is -3.59. The van der Waals surface area contributed by atoms with Crippen molar-refractivity contribution < 1.29 is 18.8 Å². The van der Waals surface area contributed by atoms with Gasteiger partial charge < -0.3 is 19.7 Å². The second-order valence-electron chi connectivity index (χ2n) is 12.9. The summed E-state index contributed by atoms with van der Waals surface area (Å²) in [6.07, 6.45) is 6.37. The van der Waals surface area contributed by atoms with E-state index in [4.69, 9.17) is 0 Å². The summed E-state index contributed by atoms with van der Waals surface area (Å²) in [4.78, 5) is 49.4. The van der Waals surface area contributed by atoms with E-state index in [0.717, 1.165) is 18.2 Å². The number of nitrogens with zero attached hydrogens (tertiary/aromatic N) is 4. The molecule has 0 aliphatic carbocycles. The Bertz CT molecular complexity index is 1540. The van der Waals surface area contributed by atoms with Gasteiger partial charge in [0.1, 0.15) is 5.82 Å². The van der Waals surface area contributed by atoms with Crippen molar-refractivity contribution in [1.82, 2.24) is 24.7 Å². The summed E-state index contributed by atoms with van der Waals surface area (Å²) >= 11 is 0. The molecule has 3 aromatic rings. The van der Waals surface area contributed by atoms with E-state index < -0.39 is 5.82 Å². The SMILES string of the molecule is Cc1c(C(=O)C2CCN(C(=O)[C@@H]3CC[C@H](C)N3)[C@@H](C)C2)c2ccncc2n1-c1ccc(F)cc1C(=O)N(C(C)C)C(C)C. The number of hydrogen-bond acceptors (Lipinski definition) is 5. The summed E-state index contributed by atoms with van der Waals surface area (Å²) in [7, 11) is 0. The fourth-order valence-electron chi connectivity index (χ4n) is 7.23. The Morgan fingerprint density at radius 3 is 2.40 bits per heavy atom. The molecule has 2 aliphatic heterocycles. The van der Waals surface area contributed by atoms with Gasteiger partial charge in [-0.15, -0.1) is 0 Å². The molecule has 5 rings (SSSR count). The van der Waals surface area contributed by atoms with Crippen LogP contribution in [0.4, 0.5) is 4.39 Å². The molecule has 1 N–H and O–H groups in total. The molecule has 1 unspecified atom stereocenters. The number of aromatic nitrogens is 2. The van der Waals surface area contributed by atoms with Crippen LogP contribution in [0.2, 0.25) is 0 Å². The van der Waals surface area contributed by atoms with Crippen LogP contribution in [0.3, 0.4) is 0 Å². The maximum absolute atomic E-state index is 14.6. The van der Waals surface area contributed by atoms with Crippen molar-refractivity contribution in [3.63, 3.8) is 0 Å². The van der Waals surface area contributed by atoms with Gasteiger partial charge in [-0.25, -0.2) is 4.39 Å². The lowest BCUT2D eigenvalue weighted by molar-refractivity contribution is -0.136. The Morgan fingerprint density at radius 2 is 1.77 bits per heavy atom. The van der Waals surface area contributed by atoms with Crippen LogP contribution in [-0.4, -0.2) is 73.7 Å². The molecule has 0 radical (unpaired) electrons. The monoisotopic (exact) mass is 589 g/mol. The van der Waals surface area contributed by atoms with Crippen molar-refractivity contribution >= 4 is 28.5 Å². The van der Waals surface area contributed by atoms with Crippen LogP contribution < -0.4 is 5.32 Å². The predicted molar refractivity (Wildman–Crippen MR) is 166 cm³/mol. The quantitative estimate of drug-likeness (QED) is 0.358. The molecule has 0 saturated carbocycles. The number of halogens is 1. The van der Waals surface area contributed by atoms with E-state index in [-0.39, 0.29) is 53.2 Å². The van der Waals surface area contributed by atoms with Crippen LogP contribution in [0.1, 0.15) is 93.6 Å². The molecule has 8 nitrogen and oxygen atoms in total. The molecule has 2 fully saturated rings. The Kier molecular flexibility index (Phi) is 8.75. The minimum Gasteiger partial charge on any atom is -0.339 e. The van der Waals surface area contributed by atoms with Gasteiger partial charge in [-0.1, -0.05) is 0 Å². The first-order valence-corrected chi connectivity index (χ1v) is 15.6. The van der Waals surface area contributed by atoms with Crippen LogP contribution in [-0.2, 0) is 4.79 Å². The number of hydrogen-bond donors (Lipinski definition) is 1. The van der Waals surface area contributed by atoms with E-state index in [1.807, 2.05) is 57.1 Å².